The Morgan fingerprint density at radius 1 is 1.19 bits per heavy atom. The number of rotatable bonds is 6. The zero-order chi connectivity index (χ0) is 18.7. The van der Waals surface area contributed by atoms with E-state index in [1.165, 1.54) is 12.1 Å². The third-order valence-corrected chi connectivity index (χ3v) is 3.98. The summed E-state index contributed by atoms with van der Waals surface area (Å²) >= 11 is 0. The van der Waals surface area contributed by atoms with Crippen LogP contribution in [0.25, 0.3) is 11.4 Å². The van der Waals surface area contributed by atoms with Crippen molar-refractivity contribution >= 4 is 0 Å². The van der Waals surface area contributed by atoms with Gasteiger partial charge in [0.05, 0.1) is 11.3 Å². The van der Waals surface area contributed by atoms with Crippen LogP contribution < -0.4 is 10.5 Å². The predicted octanol–water partition coefficient (Wildman–Crippen LogP) is 3.43. The van der Waals surface area contributed by atoms with Gasteiger partial charge in [-0.2, -0.15) is 5.10 Å². The third kappa shape index (κ3) is 3.88. The summed E-state index contributed by atoms with van der Waals surface area (Å²) in [5.74, 6) is 1.21. The molecular formula is C19H22FN5O. The van der Waals surface area contributed by atoms with Crippen molar-refractivity contribution in [1.82, 2.24) is 19.7 Å². The molecule has 0 bridgehead atoms. The maximum absolute atomic E-state index is 13.8. The van der Waals surface area contributed by atoms with Crippen LogP contribution in [0.2, 0.25) is 0 Å². The first-order chi connectivity index (χ1) is 12.5. The molecule has 0 aliphatic heterocycles. The van der Waals surface area contributed by atoms with E-state index in [1.807, 2.05) is 6.07 Å². The summed E-state index contributed by atoms with van der Waals surface area (Å²) in [4.78, 5) is 8.73. The molecule has 3 rings (SSSR count). The van der Waals surface area contributed by atoms with E-state index in [9.17, 15) is 4.39 Å². The standard InChI is InChI=1S/C19H22FN5O/c1-12(2)16-9-18(25(3)24-16)26-17-8-14(20)4-5-15(17)19-22-10-13(6-7-21)11-23-19/h4-5,8-12H,6-7,21H2,1-3H3. The molecule has 0 aliphatic carbocycles. The van der Waals surface area contributed by atoms with E-state index in [4.69, 9.17) is 10.5 Å². The van der Waals surface area contributed by atoms with Crippen molar-refractivity contribution in [3.05, 3.63) is 53.7 Å². The van der Waals surface area contributed by atoms with Gasteiger partial charge in [0, 0.05) is 31.6 Å². The Kier molecular flexibility index (Phi) is 5.27. The number of aryl methyl sites for hydroxylation is 1. The molecular weight excluding hydrogens is 333 g/mol. The topological polar surface area (TPSA) is 78.9 Å². The highest BCUT2D eigenvalue weighted by Gasteiger charge is 2.15. The Morgan fingerprint density at radius 3 is 2.54 bits per heavy atom. The highest BCUT2D eigenvalue weighted by atomic mass is 19.1. The first-order valence-electron chi connectivity index (χ1n) is 8.50. The minimum absolute atomic E-state index is 0.268. The normalized spacial score (nSPS) is 11.2. The van der Waals surface area contributed by atoms with Gasteiger partial charge in [-0.05, 0) is 36.6 Å². The predicted molar refractivity (Wildman–Crippen MR) is 97.6 cm³/mol. The van der Waals surface area contributed by atoms with Gasteiger partial charge in [-0.1, -0.05) is 13.8 Å². The molecule has 136 valence electrons. The van der Waals surface area contributed by atoms with Gasteiger partial charge in [0.1, 0.15) is 11.6 Å². The molecule has 1 aromatic carbocycles. The molecule has 0 unspecified atom stereocenters. The summed E-state index contributed by atoms with van der Waals surface area (Å²) in [6.45, 7) is 4.64. The van der Waals surface area contributed by atoms with Crippen molar-refractivity contribution in [3.63, 3.8) is 0 Å². The maximum Gasteiger partial charge on any atom is 0.217 e. The van der Waals surface area contributed by atoms with E-state index in [1.54, 1.807) is 30.2 Å². The van der Waals surface area contributed by atoms with Crippen molar-refractivity contribution in [2.45, 2.75) is 26.2 Å². The fourth-order valence-corrected chi connectivity index (χ4v) is 2.52. The summed E-state index contributed by atoms with van der Waals surface area (Å²) in [7, 11) is 1.79. The Morgan fingerprint density at radius 2 is 1.92 bits per heavy atom. The fourth-order valence-electron chi connectivity index (χ4n) is 2.52. The lowest BCUT2D eigenvalue weighted by Gasteiger charge is -2.10. The van der Waals surface area contributed by atoms with Gasteiger partial charge < -0.3 is 10.5 Å². The van der Waals surface area contributed by atoms with E-state index >= 15 is 0 Å². The number of nitrogens with two attached hydrogens (primary N) is 1. The lowest BCUT2D eigenvalue weighted by molar-refractivity contribution is 0.428. The monoisotopic (exact) mass is 355 g/mol. The number of nitrogens with zero attached hydrogens (tertiary/aromatic N) is 4. The fraction of sp³-hybridized carbons (Fsp3) is 0.316. The van der Waals surface area contributed by atoms with Crippen LogP contribution in [0.3, 0.4) is 0 Å². The molecule has 0 saturated heterocycles. The molecule has 0 atom stereocenters. The second-order valence-electron chi connectivity index (χ2n) is 6.38. The number of hydrogen-bond acceptors (Lipinski definition) is 5. The van der Waals surface area contributed by atoms with Crippen molar-refractivity contribution in [2.24, 2.45) is 12.8 Å². The minimum atomic E-state index is -0.394. The third-order valence-electron chi connectivity index (χ3n) is 3.98. The second kappa shape index (κ2) is 7.61. The molecule has 2 aromatic heterocycles. The van der Waals surface area contributed by atoms with Gasteiger partial charge >= 0.3 is 0 Å². The smallest absolute Gasteiger partial charge is 0.217 e. The zero-order valence-electron chi connectivity index (χ0n) is 15.1. The van der Waals surface area contributed by atoms with Gasteiger partial charge in [-0.3, -0.25) is 0 Å². The van der Waals surface area contributed by atoms with Crippen LogP contribution in [-0.4, -0.2) is 26.3 Å². The molecule has 7 heteroatoms. The molecule has 3 aromatic rings. The molecule has 0 aliphatic rings. The van der Waals surface area contributed by atoms with Crippen LogP contribution in [-0.2, 0) is 13.5 Å². The van der Waals surface area contributed by atoms with Crippen LogP contribution in [0.15, 0.2) is 36.7 Å². The summed E-state index contributed by atoms with van der Waals surface area (Å²) in [5.41, 5.74) is 8.02. The Labute approximate surface area is 151 Å². The summed E-state index contributed by atoms with van der Waals surface area (Å²) in [6.07, 6.45) is 4.16. The quantitative estimate of drug-likeness (QED) is 0.733. The lowest BCUT2D eigenvalue weighted by atomic mass is 10.1. The van der Waals surface area contributed by atoms with E-state index in [2.05, 4.69) is 28.9 Å². The van der Waals surface area contributed by atoms with E-state index in [-0.39, 0.29) is 5.92 Å². The van der Waals surface area contributed by atoms with Crippen LogP contribution in [0.1, 0.15) is 31.0 Å². The van der Waals surface area contributed by atoms with Crippen molar-refractivity contribution in [2.75, 3.05) is 6.54 Å². The SMILES string of the molecule is CC(C)c1cc(Oc2cc(F)ccc2-c2ncc(CCN)cn2)n(C)n1. The summed E-state index contributed by atoms with van der Waals surface area (Å²) in [5, 5.41) is 4.42. The Hall–Kier alpha value is -2.80. The number of hydrogen-bond donors (Lipinski definition) is 1. The van der Waals surface area contributed by atoms with Gasteiger partial charge in [-0.25, -0.2) is 19.0 Å². The van der Waals surface area contributed by atoms with E-state index in [0.717, 1.165) is 11.3 Å². The van der Waals surface area contributed by atoms with E-state index < -0.39 is 5.82 Å². The Balaban J connectivity index is 1.96. The molecule has 2 heterocycles. The summed E-state index contributed by atoms with van der Waals surface area (Å²) in [6, 6.07) is 6.16. The molecule has 0 spiro atoms. The van der Waals surface area contributed by atoms with Crippen molar-refractivity contribution in [1.29, 1.82) is 0 Å². The van der Waals surface area contributed by atoms with Gasteiger partial charge in [-0.15, -0.1) is 0 Å². The minimum Gasteiger partial charge on any atom is -0.438 e. The number of benzene rings is 1. The Bertz CT molecular complexity index is 889. The molecule has 26 heavy (non-hydrogen) atoms. The first-order valence-corrected chi connectivity index (χ1v) is 8.50. The molecule has 2 N–H and O–H groups in total. The van der Waals surface area contributed by atoms with Crippen molar-refractivity contribution < 1.29 is 9.13 Å². The average Bonchev–Trinajstić information content (AvgIpc) is 2.97. The van der Waals surface area contributed by atoms with Gasteiger partial charge in [0.2, 0.25) is 5.88 Å². The van der Waals surface area contributed by atoms with Crippen LogP contribution in [0, 0.1) is 5.82 Å². The highest BCUT2D eigenvalue weighted by molar-refractivity contribution is 5.64. The molecule has 6 nitrogen and oxygen atoms in total. The number of aromatic nitrogens is 4. The van der Waals surface area contributed by atoms with Crippen LogP contribution in [0.5, 0.6) is 11.6 Å². The van der Waals surface area contributed by atoms with Crippen molar-refractivity contribution in [3.8, 4) is 23.0 Å². The van der Waals surface area contributed by atoms with Gasteiger partial charge in [0.25, 0.3) is 0 Å². The molecule has 0 saturated carbocycles. The van der Waals surface area contributed by atoms with Crippen LogP contribution >= 0.6 is 0 Å². The second-order valence-corrected chi connectivity index (χ2v) is 6.38. The number of halogens is 1. The maximum atomic E-state index is 13.8. The largest absolute Gasteiger partial charge is 0.438 e. The molecule has 0 fully saturated rings. The number of ether oxygens (including phenoxy) is 1. The zero-order valence-corrected chi connectivity index (χ0v) is 15.1. The van der Waals surface area contributed by atoms with Crippen LogP contribution in [0.4, 0.5) is 4.39 Å². The van der Waals surface area contributed by atoms with E-state index in [0.29, 0.717) is 36.0 Å². The lowest BCUT2D eigenvalue weighted by Crippen LogP contribution is -2.04. The average molecular weight is 355 g/mol. The summed E-state index contributed by atoms with van der Waals surface area (Å²) < 4.78 is 21.4. The van der Waals surface area contributed by atoms with Gasteiger partial charge in [0.15, 0.2) is 5.82 Å². The molecule has 0 amide bonds. The molecule has 0 radical (unpaired) electrons. The first kappa shape index (κ1) is 18.0. The highest BCUT2D eigenvalue weighted by Crippen LogP contribution is 2.33.